The fourth-order valence-corrected chi connectivity index (χ4v) is 10.8. The van der Waals surface area contributed by atoms with Crippen LogP contribution >= 0.6 is 0 Å². The van der Waals surface area contributed by atoms with Crippen LogP contribution in [0.1, 0.15) is 162 Å². The summed E-state index contributed by atoms with van der Waals surface area (Å²) in [4.78, 5) is 23.2. The molecule has 9 heteroatoms. The molecule has 0 radical (unpaired) electrons. The lowest BCUT2D eigenvalue weighted by Crippen LogP contribution is -2.70. The van der Waals surface area contributed by atoms with E-state index in [4.69, 9.17) is 24.2 Å². The van der Waals surface area contributed by atoms with Crippen molar-refractivity contribution < 1.29 is 34.1 Å². The molecule has 6 rings (SSSR count). The number of carbonyl (C=O) groups excluding carboxylic acids is 1. The van der Waals surface area contributed by atoms with E-state index in [-0.39, 0.29) is 49.4 Å². The summed E-state index contributed by atoms with van der Waals surface area (Å²) in [6.45, 7) is 15.6. The van der Waals surface area contributed by atoms with Gasteiger partial charge in [0.1, 0.15) is 28.9 Å². The molecule has 1 heterocycles. The van der Waals surface area contributed by atoms with Crippen LogP contribution < -0.4 is 9.47 Å². The Balaban J connectivity index is 1.45. The lowest BCUT2D eigenvalue weighted by molar-refractivity contribution is -0.257. The van der Waals surface area contributed by atoms with E-state index in [1.54, 1.807) is 6.08 Å². The standard InChI is InChI=1S/C58H82N2O7/c1-7-10-11-12-13-14-15-16-20-29-54(63)60(36-8-2)53-42-51(59-67-57(4,5)6)49-40-45(27-21-23-37-61)48(28-22-24-38-62)55-50-41-47(34-35-52(50)66-58(53,56(49)55)64-39-9-3)65-46-32-30-44(31-33-46)43-25-18-17-19-26-43/h9,17-19,25-26,30-35,40-41,45,48,53,55-56,61-62H,3,7-8,10-16,20-24,27-29,36-39,42H2,1-2,4-6H3. The van der Waals surface area contributed by atoms with Crippen LogP contribution in [0.2, 0.25) is 0 Å². The number of fused-ring (bicyclic) bond motifs is 2. The minimum Gasteiger partial charge on any atom is -0.459 e. The molecular formula is C58H82N2O7. The number of amides is 1. The molecule has 6 unspecified atom stereocenters. The van der Waals surface area contributed by atoms with Gasteiger partial charge in [0, 0.05) is 44.1 Å². The van der Waals surface area contributed by atoms with Gasteiger partial charge in [-0.2, -0.15) is 0 Å². The Labute approximate surface area is 403 Å². The number of aliphatic hydroxyl groups is 2. The molecule has 9 nitrogen and oxygen atoms in total. The smallest absolute Gasteiger partial charge is 0.239 e. The van der Waals surface area contributed by atoms with Gasteiger partial charge >= 0.3 is 0 Å². The molecule has 0 bridgehead atoms. The summed E-state index contributed by atoms with van der Waals surface area (Å²) in [6.07, 6.45) is 21.4. The van der Waals surface area contributed by atoms with Crippen molar-refractivity contribution in [1.29, 1.82) is 0 Å². The Morgan fingerprint density at radius 1 is 0.821 bits per heavy atom. The van der Waals surface area contributed by atoms with Gasteiger partial charge in [-0.05, 0) is 118 Å². The third-order valence-corrected chi connectivity index (χ3v) is 13.9. The number of benzene rings is 3. The summed E-state index contributed by atoms with van der Waals surface area (Å²) in [5.74, 6) is 0.760. The third-order valence-electron chi connectivity index (χ3n) is 13.9. The van der Waals surface area contributed by atoms with Crippen LogP contribution in [0.3, 0.4) is 0 Å². The largest absolute Gasteiger partial charge is 0.459 e. The number of hydrogen-bond donors (Lipinski definition) is 2. The number of rotatable bonds is 28. The first-order valence-electron chi connectivity index (χ1n) is 26.0. The second kappa shape index (κ2) is 25.8. The van der Waals surface area contributed by atoms with Gasteiger partial charge < -0.3 is 34.2 Å². The van der Waals surface area contributed by atoms with Gasteiger partial charge in [-0.25, -0.2) is 0 Å². The number of nitrogens with zero attached hydrogens (tertiary/aromatic N) is 2. The molecule has 2 aliphatic carbocycles. The normalized spacial score (nSPS) is 22.6. The predicted molar refractivity (Wildman–Crippen MR) is 272 cm³/mol. The molecule has 67 heavy (non-hydrogen) atoms. The fraction of sp³-hybridized carbons (Fsp3) is 0.586. The first-order chi connectivity index (χ1) is 32.6. The van der Waals surface area contributed by atoms with E-state index in [0.29, 0.717) is 38.0 Å². The van der Waals surface area contributed by atoms with Crippen molar-refractivity contribution in [3.05, 3.63) is 103 Å². The SMILES string of the molecule is C=CCOC12Oc3ccc(Oc4ccc(-c5ccccc5)cc4)cc3C3C(CCCCO)C(CCCCO)C=C(C(=NOC(C)(C)C)CC1N(CCC)C(=O)CCCCCCCCCCC)C32. The van der Waals surface area contributed by atoms with Crippen LogP contribution in [0, 0.1) is 17.8 Å². The summed E-state index contributed by atoms with van der Waals surface area (Å²) < 4.78 is 21.4. The van der Waals surface area contributed by atoms with Crippen LogP contribution in [0.5, 0.6) is 17.2 Å². The maximum absolute atomic E-state index is 14.9. The van der Waals surface area contributed by atoms with Gasteiger partial charge in [0.05, 0.1) is 18.2 Å². The number of unbranched alkanes of at least 4 members (excludes halogenated alkanes) is 10. The van der Waals surface area contributed by atoms with Crippen molar-refractivity contribution in [3.63, 3.8) is 0 Å². The zero-order valence-corrected chi connectivity index (χ0v) is 41.6. The van der Waals surface area contributed by atoms with Gasteiger partial charge in [0.25, 0.3) is 0 Å². The average molecular weight is 919 g/mol. The monoisotopic (exact) mass is 919 g/mol. The third kappa shape index (κ3) is 13.6. The highest BCUT2D eigenvalue weighted by Gasteiger charge is 2.65. The molecule has 1 saturated carbocycles. The molecule has 1 aliphatic heterocycles. The molecule has 3 aliphatic rings. The second-order valence-electron chi connectivity index (χ2n) is 20.1. The Morgan fingerprint density at radius 3 is 2.13 bits per heavy atom. The van der Waals surface area contributed by atoms with E-state index < -0.39 is 17.4 Å². The summed E-state index contributed by atoms with van der Waals surface area (Å²) in [6, 6.07) is 24.2. The summed E-state index contributed by atoms with van der Waals surface area (Å²) in [5.41, 5.74) is 4.61. The van der Waals surface area contributed by atoms with Gasteiger partial charge in [0.15, 0.2) is 0 Å². The first-order valence-corrected chi connectivity index (χ1v) is 26.0. The number of hydrogen-bond acceptors (Lipinski definition) is 8. The molecule has 0 spiro atoms. The van der Waals surface area contributed by atoms with E-state index in [2.05, 4.69) is 61.7 Å². The molecule has 1 fully saturated rings. The molecule has 3 aromatic rings. The van der Waals surface area contributed by atoms with Crippen LogP contribution in [0.4, 0.5) is 0 Å². The van der Waals surface area contributed by atoms with Gasteiger partial charge in [0.2, 0.25) is 11.7 Å². The van der Waals surface area contributed by atoms with E-state index in [1.807, 2.05) is 63.2 Å². The highest BCUT2D eigenvalue weighted by Crippen LogP contribution is 2.62. The van der Waals surface area contributed by atoms with Crippen molar-refractivity contribution in [2.45, 2.75) is 174 Å². The van der Waals surface area contributed by atoms with E-state index in [0.717, 1.165) is 90.8 Å². The maximum Gasteiger partial charge on any atom is 0.239 e. The molecule has 0 aromatic heterocycles. The van der Waals surface area contributed by atoms with Crippen LogP contribution in [0.25, 0.3) is 11.1 Å². The van der Waals surface area contributed by atoms with Crippen LogP contribution in [-0.2, 0) is 14.4 Å². The van der Waals surface area contributed by atoms with Gasteiger partial charge in [-0.3, -0.25) is 4.79 Å². The van der Waals surface area contributed by atoms with Gasteiger partial charge in [-0.15, -0.1) is 6.58 Å². The Bertz CT molecular complexity index is 2040. The lowest BCUT2D eigenvalue weighted by Gasteiger charge is -2.60. The van der Waals surface area contributed by atoms with Crippen molar-refractivity contribution in [3.8, 4) is 28.4 Å². The lowest BCUT2D eigenvalue weighted by atomic mass is 9.55. The highest BCUT2D eigenvalue weighted by molar-refractivity contribution is 6.03. The quantitative estimate of drug-likeness (QED) is 0.0424. The Kier molecular flexibility index (Phi) is 20.0. The predicted octanol–water partition coefficient (Wildman–Crippen LogP) is 13.7. The number of oxime groups is 1. The average Bonchev–Trinajstić information content (AvgIpc) is 3.33. The molecule has 6 atom stereocenters. The zero-order chi connectivity index (χ0) is 47.7. The second-order valence-corrected chi connectivity index (χ2v) is 20.1. The van der Waals surface area contributed by atoms with E-state index >= 15 is 0 Å². The van der Waals surface area contributed by atoms with Gasteiger partial charge in [-0.1, -0.05) is 138 Å². The summed E-state index contributed by atoms with van der Waals surface area (Å²) in [5, 5.41) is 25.1. The van der Waals surface area contributed by atoms with E-state index in [1.165, 1.54) is 38.5 Å². The number of aliphatic hydroxyl groups excluding tert-OH is 2. The van der Waals surface area contributed by atoms with Crippen molar-refractivity contribution in [1.82, 2.24) is 4.90 Å². The minimum atomic E-state index is -1.28. The maximum atomic E-state index is 14.9. The number of allylic oxidation sites excluding steroid dienone is 1. The highest BCUT2D eigenvalue weighted by atomic mass is 16.7. The first kappa shape index (κ1) is 51.9. The summed E-state index contributed by atoms with van der Waals surface area (Å²) in [7, 11) is 0. The zero-order valence-electron chi connectivity index (χ0n) is 41.6. The Morgan fingerprint density at radius 2 is 1.48 bits per heavy atom. The fourth-order valence-electron chi connectivity index (χ4n) is 10.8. The Hall–Kier alpha value is -4.44. The molecule has 3 aromatic carbocycles. The molecule has 366 valence electrons. The van der Waals surface area contributed by atoms with Crippen molar-refractivity contribution in [2.75, 3.05) is 26.4 Å². The van der Waals surface area contributed by atoms with Crippen molar-refractivity contribution >= 4 is 11.6 Å². The molecular weight excluding hydrogens is 837 g/mol. The van der Waals surface area contributed by atoms with E-state index in [9.17, 15) is 15.0 Å². The summed E-state index contributed by atoms with van der Waals surface area (Å²) >= 11 is 0. The number of ether oxygens (including phenoxy) is 3. The molecule has 2 N–H and O–H groups in total. The molecule has 0 saturated heterocycles. The molecule has 1 amide bonds. The number of carbonyl (C=O) groups is 1. The van der Waals surface area contributed by atoms with Crippen molar-refractivity contribution in [2.24, 2.45) is 22.9 Å². The van der Waals surface area contributed by atoms with Crippen LogP contribution in [-0.4, -0.2) is 70.5 Å². The van der Waals surface area contributed by atoms with Crippen LogP contribution in [0.15, 0.2) is 102 Å². The minimum absolute atomic E-state index is 0.116. The topological polar surface area (TPSA) is 110 Å².